The fourth-order valence-electron chi connectivity index (χ4n) is 2.39. The lowest BCUT2D eigenvalue weighted by atomic mass is 9.97. The maximum absolute atomic E-state index is 11.7. The number of fused-ring (bicyclic) bond motifs is 1. The van der Waals surface area contributed by atoms with E-state index in [0.29, 0.717) is 12.1 Å². The van der Waals surface area contributed by atoms with Gasteiger partial charge in [0.2, 0.25) is 0 Å². The SMILES string of the molecule is COC(=O)c1cccc2c1C(C)CN2CC#N. The van der Waals surface area contributed by atoms with Crippen molar-refractivity contribution in [2.75, 3.05) is 25.1 Å². The molecule has 0 aliphatic carbocycles. The van der Waals surface area contributed by atoms with Gasteiger partial charge in [0.25, 0.3) is 0 Å². The van der Waals surface area contributed by atoms with Gasteiger partial charge in [0, 0.05) is 18.2 Å². The average Bonchev–Trinajstić information content (AvgIpc) is 2.66. The summed E-state index contributed by atoms with van der Waals surface area (Å²) in [5.41, 5.74) is 2.58. The molecular formula is C13H14N2O2. The Kier molecular flexibility index (Phi) is 3.01. The number of carbonyl (C=O) groups excluding carboxylic acids is 1. The van der Waals surface area contributed by atoms with Gasteiger partial charge in [-0.1, -0.05) is 13.0 Å². The van der Waals surface area contributed by atoms with E-state index in [1.54, 1.807) is 6.07 Å². The second-order valence-electron chi connectivity index (χ2n) is 4.17. The van der Waals surface area contributed by atoms with Crippen molar-refractivity contribution in [2.45, 2.75) is 12.8 Å². The van der Waals surface area contributed by atoms with Crippen LogP contribution in [0.4, 0.5) is 5.69 Å². The highest BCUT2D eigenvalue weighted by Crippen LogP contribution is 2.38. The Hall–Kier alpha value is -2.02. The zero-order chi connectivity index (χ0) is 12.4. The number of hydrogen-bond donors (Lipinski definition) is 0. The lowest BCUT2D eigenvalue weighted by molar-refractivity contribution is 0.0599. The van der Waals surface area contributed by atoms with E-state index < -0.39 is 0 Å². The summed E-state index contributed by atoms with van der Waals surface area (Å²) >= 11 is 0. The zero-order valence-electron chi connectivity index (χ0n) is 9.93. The number of nitriles is 1. The summed E-state index contributed by atoms with van der Waals surface area (Å²) in [4.78, 5) is 13.7. The largest absolute Gasteiger partial charge is 0.465 e. The van der Waals surface area contributed by atoms with Gasteiger partial charge in [0.05, 0.1) is 18.7 Å². The van der Waals surface area contributed by atoms with Crippen LogP contribution in [0.25, 0.3) is 0 Å². The van der Waals surface area contributed by atoms with Crippen molar-refractivity contribution < 1.29 is 9.53 Å². The maximum atomic E-state index is 11.7. The van der Waals surface area contributed by atoms with E-state index in [-0.39, 0.29) is 11.9 Å². The van der Waals surface area contributed by atoms with Crippen LogP contribution in [-0.4, -0.2) is 26.2 Å². The summed E-state index contributed by atoms with van der Waals surface area (Å²) in [7, 11) is 1.38. The quantitative estimate of drug-likeness (QED) is 0.575. The summed E-state index contributed by atoms with van der Waals surface area (Å²) in [5.74, 6) is -0.0684. The minimum absolute atomic E-state index is 0.244. The number of anilines is 1. The molecule has 0 N–H and O–H groups in total. The first-order valence-corrected chi connectivity index (χ1v) is 5.52. The lowest BCUT2D eigenvalue weighted by Crippen LogP contribution is -2.21. The smallest absolute Gasteiger partial charge is 0.338 e. The highest BCUT2D eigenvalue weighted by atomic mass is 16.5. The molecule has 0 fully saturated rings. The topological polar surface area (TPSA) is 53.3 Å². The predicted molar refractivity (Wildman–Crippen MR) is 64.0 cm³/mol. The first kappa shape index (κ1) is 11.5. The van der Waals surface area contributed by atoms with E-state index >= 15 is 0 Å². The van der Waals surface area contributed by atoms with E-state index in [1.165, 1.54) is 7.11 Å². The summed E-state index contributed by atoms with van der Waals surface area (Å²) in [6.45, 7) is 3.18. The molecule has 1 atom stereocenters. The molecule has 1 unspecified atom stereocenters. The van der Waals surface area contributed by atoms with E-state index in [4.69, 9.17) is 10.00 Å². The zero-order valence-corrected chi connectivity index (χ0v) is 9.93. The van der Waals surface area contributed by atoms with Crippen molar-refractivity contribution in [2.24, 2.45) is 0 Å². The van der Waals surface area contributed by atoms with E-state index in [1.807, 2.05) is 17.0 Å². The third-order valence-electron chi connectivity index (χ3n) is 3.08. The minimum Gasteiger partial charge on any atom is -0.465 e. The lowest BCUT2D eigenvalue weighted by Gasteiger charge is -2.15. The molecule has 1 heterocycles. The molecule has 0 saturated heterocycles. The number of ether oxygens (including phenoxy) is 1. The molecule has 17 heavy (non-hydrogen) atoms. The highest BCUT2D eigenvalue weighted by molar-refractivity contribution is 5.94. The fourth-order valence-corrected chi connectivity index (χ4v) is 2.39. The molecule has 2 rings (SSSR count). The Morgan fingerprint density at radius 2 is 2.41 bits per heavy atom. The van der Waals surface area contributed by atoms with Crippen LogP contribution in [0.1, 0.15) is 28.8 Å². The fraction of sp³-hybridized carbons (Fsp3) is 0.385. The van der Waals surface area contributed by atoms with Gasteiger partial charge in [-0.25, -0.2) is 4.79 Å². The Balaban J connectivity index is 2.49. The van der Waals surface area contributed by atoms with Gasteiger partial charge in [-0.15, -0.1) is 0 Å². The molecule has 1 aliphatic heterocycles. The van der Waals surface area contributed by atoms with Gasteiger partial charge in [-0.3, -0.25) is 0 Å². The van der Waals surface area contributed by atoms with Crippen molar-refractivity contribution in [1.29, 1.82) is 5.26 Å². The van der Waals surface area contributed by atoms with Crippen LogP contribution >= 0.6 is 0 Å². The summed E-state index contributed by atoms with van der Waals surface area (Å²) in [5, 5.41) is 8.78. The van der Waals surface area contributed by atoms with Crippen molar-refractivity contribution in [1.82, 2.24) is 0 Å². The molecule has 1 aromatic carbocycles. The predicted octanol–water partition coefficient (Wildman–Crippen LogP) is 1.92. The van der Waals surface area contributed by atoms with Crippen molar-refractivity contribution in [3.63, 3.8) is 0 Å². The van der Waals surface area contributed by atoms with Crippen molar-refractivity contribution in [3.8, 4) is 6.07 Å². The second kappa shape index (κ2) is 4.46. The van der Waals surface area contributed by atoms with Crippen molar-refractivity contribution in [3.05, 3.63) is 29.3 Å². The first-order valence-electron chi connectivity index (χ1n) is 5.52. The maximum Gasteiger partial charge on any atom is 0.338 e. The second-order valence-corrected chi connectivity index (χ2v) is 4.17. The Morgan fingerprint density at radius 1 is 1.65 bits per heavy atom. The molecule has 1 aliphatic rings. The van der Waals surface area contributed by atoms with Crippen LogP contribution in [0.3, 0.4) is 0 Å². The van der Waals surface area contributed by atoms with Crippen LogP contribution in [0.15, 0.2) is 18.2 Å². The molecule has 0 saturated carbocycles. The number of esters is 1. The molecule has 0 radical (unpaired) electrons. The molecule has 1 aromatic rings. The molecule has 0 amide bonds. The molecule has 4 nitrogen and oxygen atoms in total. The Bertz CT molecular complexity index is 491. The van der Waals surface area contributed by atoms with Crippen LogP contribution in [0, 0.1) is 11.3 Å². The number of hydrogen-bond acceptors (Lipinski definition) is 4. The van der Waals surface area contributed by atoms with E-state index in [2.05, 4.69) is 13.0 Å². The Labute approximate surface area is 100 Å². The summed E-state index contributed by atoms with van der Waals surface area (Å²) < 4.78 is 4.78. The minimum atomic E-state index is -0.312. The van der Waals surface area contributed by atoms with E-state index in [0.717, 1.165) is 17.8 Å². The van der Waals surface area contributed by atoms with Gasteiger partial charge in [-0.05, 0) is 17.7 Å². The molecular weight excluding hydrogens is 216 g/mol. The third-order valence-corrected chi connectivity index (χ3v) is 3.08. The van der Waals surface area contributed by atoms with Crippen LogP contribution in [0.5, 0.6) is 0 Å². The molecule has 0 bridgehead atoms. The van der Waals surface area contributed by atoms with Crippen LogP contribution in [-0.2, 0) is 4.74 Å². The van der Waals surface area contributed by atoms with Gasteiger partial charge in [-0.2, -0.15) is 5.26 Å². The number of methoxy groups -OCH3 is 1. The standard InChI is InChI=1S/C13H14N2O2/c1-9-8-15(7-6-14)11-5-3-4-10(12(9)11)13(16)17-2/h3-5,9H,7-8H2,1-2H3. The van der Waals surface area contributed by atoms with Crippen LogP contribution < -0.4 is 4.90 Å². The molecule has 4 heteroatoms. The first-order chi connectivity index (χ1) is 8.19. The summed E-state index contributed by atoms with van der Waals surface area (Å²) in [6, 6.07) is 7.69. The van der Waals surface area contributed by atoms with Crippen LogP contribution in [0.2, 0.25) is 0 Å². The number of benzene rings is 1. The van der Waals surface area contributed by atoms with Crippen molar-refractivity contribution >= 4 is 11.7 Å². The number of rotatable bonds is 2. The monoisotopic (exact) mass is 230 g/mol. The number of carbonyl (C=O) groups is 1. The Morgan fingerprint density at radius 3 is 3.06 bits per heavy atom. The van der Waals surface area contributed by atoms with Gasteiger partial charge >= 0.3 is 5.97 Å². The van der Waals surface area contributed by atoms with Gasteiger partial charge < -0.3 is 9.64 Å². The van der Waals surface area contributed by atoms with Gasteiger partial charge in [0.1, 0.15) is 6.54 Å². The molecule has 0 aromatic heterocycles. The average molecular weight is 230 g/mol. The third kappa shape index (κ3) is 1.84. The normalized spacial score (nSPS) is 17.5. The van der Waals surface area contributed by atoms with E-state index in [9.17, 15) is 4.79 Å². The highest BCUT2D eigenvalue weighted by Gasteiger charge is 2.29. The van der Waals surface area contributed by atoms with Gasteiger partial charge in [0.15, 0.2) is 0 Å². The molecule has 0 spiro atoms. The molecule has 88 valence electrons. The number of nitrogens with zero attached hydrogens (tertiary/aromatic N) is 2. The summed E-state index contributed by atoms with van der Waals surface area (Å²) in [6.07, 6.45) is 0.